The number of carbonyl (C=O) groups excluding carboxylic acids is 2. The number of nitrogens with one attached hydrogen (secondary N) is 1. The number of benzene rings is 1. The topological polar surface area (TPSA) is 86.8 Å². The van der Waals surface area contributed by atoms with E-state index in [1.165, 1.54) is 36.2 Å². The zero-order valence-electron chi connectivity index (χ0n) is 17.3. The number of rotatable bonds is 6. The van der Waals surface area contributed by atoms with E-state index in [0.717, 1.165) is 12.8 Å². The van der Waals surface area contributed by atoms with Crippen LogP contribution in [0.5, 0.6) is 0 Å². The molecule has 1 aromatic rings. The van der Waals surface area contributed by atoms with Crippen LogP contribution in [0.4, 0.5) is 0 Å². The minimum atomic E-state index is -3.59. The van der Waals surface area contributed by atoms with E-state index >= 15 is 0 Å². The molecule has 3 rings (SSSR count). The monoisotopic (exact) mass is 421 g/mol. The molecule has 2 atom stereocenters. The molecule has 7 nitrogen and oxygen atoms in total. The molecule has 1 N–H and O–H groups in total. The van der Waals surface area contributed by atoms with Gasteiger partial charge in [-0.2, -0.15) is 4.31 Å². The highest BCUT2D eigenvalue weighted by Gasteiger charge is 2.30. The van der Waals surface area contributed by atoms with E-state index in [2.05, 4.69) is 12.2 Å². The number of sulfonamides is 1. The van der Waals surface area contributed by atoms with Crippen LogP contribution in [0.1, 0.15) is 49.9 Å². The molecule has 1 aromatic carbocycles. The van der Waals surface area contributed by atoms with E-state index in [-0.39, 0.29) is 22.6 Å². The van der Waals surface area contributed by atoms with E-state index in [1.54, 1.807) is 12.1 Å². The first-order valence-electron chi connectivity index (χ1n) is 10.4. The second-order valence-electron chi connectivity index (χ2n) is 8.20. The summed E-state index contributed by atoms with van der Waals surface area (Å²) in [5.74, 6) is 0.451. The molecule has 2 fully saturated rings. The summed E-state index contributed by atoms with van der Waals surface area (Å²) in [6.07, 6.45) is 4.61. The number of hydrogen-bond donors (Lipinski definition) is 1. The molecule has 160 valence electrons. The smallest absolute Gasteiger partial charge is 0.243 e. The molecular formula is C21H31N3O4S. The molecule has 8 heteroatoms. The Labute approximate surface area is 173 Å². The van der Waals surface area contributed by atoms with E-state index < -0.39 is 10.0 Å². The van der Waals surface area contributed by atoms with Gasteiger partial charge in [-0.05, 0) is 37.8 Å². The predicted octanol–water partition coefficient (Wildman–Crippen LogP) is 1.89. The van der Waals surface area contributed by atoms with Gasteiger partial charge in [-0.25, -0.2) is 8.42 Å². The Bertz CT molecular complexity index is 830. The second kappa shape index (κ2) is 9.36. The van der Waals surface area contributed by atoms with Gasteiger partial charge in [0.2, 0.25) is 15.9 Å². The number of nitrogens with zero attached hydrogens (tertiary/aromatic N) is 2. The molecule has 1 aliphatic heterocycles. The molecule has 0 aromatic heterocycles. The quantitative estimate of drug-likeness (QED) is 0.709. The van der Waals surface area contributed by atoms with Gasteiger partial charge in [-0.3, -0.25) is 14.5 Å². The standard InChI is InChI=1S/C21H31N3O4S/c1-16-5-3-4-6-20(16)22-21(26)15-23-11-13-24(14-12-23)29(27,28)19-9-7-18(8-10-19)17(2)25/h7-10,16,20H,3-6,11-15H2,1-2H3,(H,22,26)/t16-,20+/m0/s1. The minimum Gasteiger partial charge on any atom is -0.352 e. The van der Waals surface area contributed by atoms with Crippen LogP contribution in [0, 0.1) is 5.92 Å². The van der Waals surface area contributed by atoms with Gasteiger partial charge in [0.05, 0.1) is 11.4 Å². The maximum atomic E-state index is 12.8. The van der Waals surface area contributed by atoms with Crippen molar-refractivity contribution in [2.45, 2.75) is 50.5 Å². The Kier molecular flexibility index (Phi) is 7.08. The first-order chi connectivity index (χ1) is 13.8. The number of amides is 1. The normalized spacial score (nSPS) is 24.2. The van der Waals surface area contributed by atoms with Crippen molar-refractivity contribution in [2.24, 2.45) is 5.92 Å². The van der Waals surface area contributed by atoms with E-state index in [0.29, 0.717) is 44.2 Å². The largest absolute Gasteiger partial charge is 0.352 e. The van der Waals surface area contributed by atoms with Crippen LogP contribution in [-0.4, -0.2) is 68.1 Å². The molecule has 1 saturated heterocycles. The van der Waals surface area contributed by atoms with E-state index in [9.17, 15) is 18.0 Å². The van der Waals surface area contributed by atoms with Crippen LogP contribution >= 0.6 is 0 Å². The first kappa shape index (κ1) is 21.9. The van der Waals surface area contributed by atoms with Crippen molar-refractivity contribution in [1.29, 1.82) is 0 Å². The van der Waals surface area contributed by atoms with Crippen molar-refractivity contribution in [3.63, 3.8) is 0 Å². The summed E-state index contributed by atoms with van der Waals surface area (Å²) in [7, 11) is -3.59. The van der Waals surface area contributed by atoms with Gasteiger partial charge in [0, 0.05) is 37.8 Å². The lowest BCUT2D eigenvalue weighted by atomic mass is 9.86. The zero-order valence-corrected chi connectivity index (χ0v) is 18.1. The Balaban J connectivity index is 1.51. The van der Waals surface area contributed by atoms with Crippen LogP contribution in [0.15, 0.2) is 29.2 Å². The van der Waals surface area contributed by atoms with Crippen molar-refractivity contribution in [3.05, 3.63) is 29.8 Å². The number of piperazine rings is 1. The predicted molar refractivity (Wildman–Crippen MR) is 111 cm³/mol. The number of Topliss-reactive ketones (excluding diaryl/α,β-unsaturated/α-hetero) is 1. The summed E-state index contributed by atoms with van der Waals surface area (Å²) in [5.41, 5.74) is 0.493. The maximum Gasteiger partial charge on any atom is 0.243 e. The Morgan fingerprint density at radius 2 is 1.66 bits per heavy atom. The second-order valence-corrected chi connectivity index (χ2v) is 10.1. The van der Waals surface area contributed by atoms with Crippen molar-refractivity contribution < 1.29 is 18.0 Å². The lowest BCUT2D eigenvalue weighted by Gasteiger charge is -2.34. The van der Waals surface area contributed by atoms with Crippen LogP contribution in [-0.2, 0) is 14.8 Å². The van der Waals surface area contributed by atoms with Crippen molar-refractivity contribution in [2.75, 3.05) is 32.7 Å². The third-order valence-electron chi connectivity index (χ3n) is 6.05. The molecule has 1 aliphatic carbocycles. The van der Waals surface area contributed by atoms with E-state index in [4.69, 9.17) is 0 Å². The summed E-state index contributed by atoms with van der Waals surface area (Å²) in [6, 6.07) is 6.31. The highest BCUT2D eigenvalue weighted by atomic mass is 32.2. The Morgan fingerprint density at radius 3 is 2.24 bits per heavy atom. The summed E-state index contributed by atoms with van der Waals surface area (Å²) in [4.78, 5) is 26.0. The molecule has 1 heterocycles. The summed E-state index contributed by atoms with van der Waals surface area (Å²) < 4.78 is 27.1. The summed E-state index contributed by atoms with van der Waals surface area (Å²) in [5, 5.41) is 3.16. The van der Waals surface area contributed by atoms with Crippen LogP contribution in [0.2, 0.25) is 0 Å². The molecule has 0 radical (unpaired) electrons. The van der Waals surface area contributed by atoms with Gasteiger partial charge in [-0.1, -0.05) is 31.9 Å². The van der Waals surface area contributed by atoms with Gasteiger partial charge < -0.3 is 5.32 Å². The van der Waals surface area contributed by atoms with E-state index in [1.807, 2.05) is 4.90 Å². The molecule has 1 saturated carbocycles. The van der Waals surface area contributed by atoms with Crippen molar-refractivity contribution in [3.8, 4) is 0 Å². The Hall–Kier alpha value is -1.77. The molecule has 0 bridgehead atoms. The summed E-state index contributed by atoms with van der Waals surface area (Å²) in [6.45, 7) is 5.71. The van der Waals surface area contributed by atoms with Crippen LogP contribution in [0.25, 0.3) is 0 Å². The Morgan fingerprint density at radius 1 is 1.03 bits per heavy atom. The van der Waals surface area contributed by atoms with Gasteiger partial charge in [0.25, 0.3) is 0 Å². The lowest BCUT2D eigenvalue weighted by Crippen LogP contribution is -2.52. The van der Waals surface area contributed by atoms with Gasteiger partial charge in [0.15, 0.2) is 5.78 Å². The van der Waals surface area contributed by atoms with Crippen molar-refractivity contribution >= 4 is 21.7 Å². The molecule has 0 spiro atoms. The SMILES string of the molecule is CC(=O)c1ccc(S(=O)(=O)N2CCN(CC(=O)N[C@@H]3CCCC[C@@H]3C)CC2)cc1. The maximum absolute atomic E-state index is 12.8. The molecular weight excluding hydrogens is 390 g/mol. The average molecular weight is 422 g/mol. The fourth-order valence-corrected chi connectivity index (χ4v) is 5.55. The molecule has 1 amide bonds. The number of carbonyl (C=O) groups is 2. The highest BCUT2D eigenvalue weighted by Crippen LogP contribution is 2.23. The third-order valence-corrected chi connectivity index (χ3v) is 7.97. The first-order valence-corrected chi connectivity index (χ1v) is 11.8. The summed E-state index contributed by atoms with van der Waals surface area (Å²) >= 11 is 0. The molecule has 29 heavy (non-hydrogen) atoms. The fourth-order valence-electron chi connectivity index (χ4n) is 4.12. The van der Waals surface area contributed by atoms with Crippen LogP contribution in [0.3, 0.4) is 0 Å². The van der Waals surface area contributed by atoms with Gasteiger partial charge in [0.1, 0.15) is 0 Å². The van der Waals surface area contributed by atoms with Gasteiger partial charge in [-0.15, -0.1) is 0 Å². The third kappa shape index (κ3) is 5.43. The number of hydrogen-bond acceptors (Lipinski definition) is 5. The lowest BCUT2D eigenvalue weighted by molar-refractivity contribution is -0.123. The number of ketones is 1. The zero-order chi connectivity index (χ0) is 21.0. The van der Waals surface area contributed by atoms with Gasteiger partial charge >= 0.3 is 0 Å². The minimum absolute atomic E-state index is 0.0277. The fraction of sp³-hybridized carbons (Fsp3) is 0.619. The molecule has 0 unspecified atom stereocenters. The average Bonchev–Trinajstić information content (AvgIpc) is 2.70. The highest BCUT2D eigenvalue weighted by molar-refractivity contribution is 7.89. The van der Waals surface area contributed by atoms with Crippen molar-refractivity contribution in [1.82, 2.24) is 14.5 Å². The van der Waals surface area contributed by atoms with Crippen LogP contribution < -0.4 is 5.32 Å². The molecule has 2 aliphatic rings.